The predicted octanol–water partition coefficient (Wildman–Crippen LogP) is 3.51. The second-order valence-corrected chi connectivity index (χ2v) is 4.03. The zero-order valence-electron chi connectivity index (χ0n) is 9.69. The quantitative estimate of drug-likeness (QED) is 0.596. The fraction of sp³-hybridized carbons (Fsp3) is 0.833. The zero-order valence-corrected chi connectivity index (χ0v) is 9.69. The molecule has 0 fully saturated rings. The van der Waals surface area contributed by atoms with Crippen molar-refractivity contribution in [2.45, 2.75) is 65.5 Å². The van der Waals surface area contributed by atoms with Crippen LogP contribution in [0.1, 0.15) is 53.4 Å². The van der Waals surface area contributed by atoms with Gasteiger partial charge in [-0.25, -0.2) is 0 Å². The average molecular weight is 183 g/mol. The van der Waals surface area contributed by atoms with Gasteiger partial charge in [-0.05, 0) is 12.8 Å². The van der Waals surface area contributed by atoms with Gasteiger partial charge < -0.3 is 5.32 Å². The molecule has 0 aliphatic heterocycles. The smallest absolute Gasteiger partial charge is 0.0278 e. The molecule has 0 rings (SSSR count). The highest BCUT2D eigenvalue weighted by Gasteiger charge is 2.10. The lowest BCUT2D eigenvalue weighted by atomic mass is 10.00. The number of hydrogen-bond acceptors (Lipinski definition) is 1. The molecule has 0 saturated heterocycles. The van der Waals surface area contributed by atoms with E-state index in [0.717, 1.165) is 6.42 Å². The third kappa shape index (κ3) is 5.87. The van der Waals surface area contributed by atoms with Gasteiger partial charge in [0.25, 0.3) is 0 Å². The summed E-state index contributed by atoms with van der Waals surface area (Å²) in [5, 5.41) is 3.57. The SMILES string of the molecule is C=C(CC)C(CCCC)NC(C)C. The molecule has 0 aromatic heterocycles. The molecule has 0 aliphatic carbocycles. The van der Waals surface area contributed by atoms with Crippen LogP contribution in [-0.4, -0.2) is 12.1 Å². The summed E-state index contributed by atoms with van der Waals surface area (Å²) in [6.45, 7) is 12.9. The number of unbranched alkanes of at least 4 members (excludes halogenated alkanes) is 1. The van der Waals surface area contributed by atoms with E-state index in [-0.39, 0.29) is 0 Å². The topological polar surface area (TPSA) is 12.0 Å². The van der Waals surface area contributed by atoms with Crippen molar-refractivity contribution in [1.82, 2.24) is 5.32 Å². The average Bonchev–Trinajstić information content (AvgIpc) is 2.10. The third-order valence-electron chi connectivity index (χ3n) is 2.33. The number of rotatable bonds is 7. The van der Waals surface area contributed by atoms with E-state index in [4.69, 9.17) is 0 Å². The summed E-state index contributed by atoms with van der Waals surface area (Å²) in [7, 11) is 0. The van der Waals surface area contributed by atoms with E-state index in [2.05, 4.69) is 39.6 Å². The highest BCUT2D eigenvalue weighted by molar-refractivity contribution is 5.04. The highest BCUT2D eigenvalue weighted by atomic mass is 14.9. The summed E-state index contributed by atoms with van der Waals surface area (Å²) in [5.41, 5.74) is 1.35. The van der Waals surface area contributed by atoms with Gasteiger partial charge >= 0.3 is 0 Å². The first-order valence-electron chi connectivity index (χ1n) is 5.55. The maximum atomic E-state index is 4.12. The molecule has 1 heteroatoms. The summed E-state index contributed by atoms with van der Waals surface area (Å²) >= 11 is 0. The van der Waals surface area contributed by atoms with Crippen LogP contribution in [0.3, 0.4) is 0 Å². The predicted molar refractivity (Wildman–Crippen MR) is 61.0 cm³/mol. The van der Waals surface area contributed by atoms with Crippen molar-refractivity contribution in [1.29, 1.82) is 0 Å². The summed E-state index contributed by atoms with van der Waals surface area (Å²) in [4.78, 5) is 0. The molecular weight excluding hydrogens is 158 g/mol. The molecule has 0 radical (unpaired) electrons. The minimum absolute atomic E-state index is 0.532. The van der Waals surface area contributed by atoms with Crippen molar-refractivity contribution in [3.05, 3.63) is 12.2 Å². The Hall–Kier alpha value is -0.300. The molecule has 0 saturated carbocycles. The van der Waals surface area contributed by atoms with Crippen molar-refractivity contribution in [2.75, 3.05) is 0 Å². The molecule has 1 N–H and O–H groups in total. The van der Waals surface area contributed by atoms with Gasteiger partial charge in [0, 0.05) is 12.1 Å². The first-order valence-corrected chi connectivity index (χ1v) is 5.55. The Kier molecular flexibility index (Phi) is 6.97. The Morgan fingerprint density at radius 3 is 2.31 bits per heavy atom. The Morgan fingerprint density at radius 1 is 1.31 bits per heavy atom. The molecule has 0 bridgehead atoms. The van der Waals surface area contributed by atoms with Gasteiger partial charge in [-0.3, -0.25) is 0 Å². The second-order valence-electron chi connectivity index (χ2n) is 4.03. The molecule has 0 aromatic carbocycles. The Balaban J connectivity index is 3.94. The summed E-state index contributed by atoms with van der Waals surface area (Å²) < 4.78 is 0. The molecule has 0 aromatic rings. The van der Waals surface area contributed by atoms with E-state index < -0.39 is 0 Å². The lowest BCUT2D eigenvalue weighted by molar-refractivity contribution is 0.463. The Labute approximate surface area is 83.6 Å². The highest BCUT2D eigenvalue weighted by Crippen LogP contribution is 2.12. The normalized spacial score (nSPS) is 13.3. The van der Waals surface area contributed by atoms with E-state index in [0.29, 0.717) is 12.1 Å². The van der Waals surface area contributed by atoms with Crippen molar-refractivity contribution in [3.63, 3.8) is 0 Å². The Morgan fingerprint density at radius 2 is 1.92 bits per heavy atom. The largest absolute Gasteiger partial charge is 0.308 e. The maximum absolute atomic E-state index is 4.12. The lowest BCUT2D eigenvalue weighted by Gasteiger charge is -2.22. The maximum Gasteiger partial charge on any atom is 0.0278 e. The van der Waals surface area contributed by atoms with Crippen LogP contribution in [0, 0.1) is 0 Å². The monoisotopic (exact) mass is 183 g/mol. The van der Waals surface area contributed by atoms with Crippen LogP contribution in [0.5, 0.6) is 0 Å². The van der Waals surface area contributed by atoms with Crippen LogP contribution >= 0.6 is 0 Å². The van der Waals surface area contributed by atoms with E-state index >= 15 is 0 Å². The van der Waals surface area contributed by atoms with Crippen molar-refractivity contribution >= 4 is 0 Å². The van der Waals surface area contributed by atoms with Crippen molar-refractivity contribution < 1.29 is 0 Å². The fourth-order valence-corrected chi connectivity index (χ4v) is 1.46. The first-order chi connectivity index (χ1) is 6.11. The fourth-order valence-electron chi connectivity index (χ4n) is 1.46. The van der Waals surface area contributed by atoms with Gasteiger partial charge in [-0.15, -0.1) is 0 Å². The third-order valence-corrected chi connectivity index (χ3v) is 2.33. The van der Waals surface area contributed by atoms with Gasteiger partial charge in [0.2, 0.25) is 0 Å². The van der Waals surface area contributed by atoms with Gasteiger partial charge in [0.15, 0.2) is 0 Å². The molecule has 0 heterocycles. The van der Waals surface area contributed by atoms with Crippen LogP contribution < -0.4 is 5.32 Å². The first kappa shape index (κ1) is 12.7. The molecule has 1 atom stereocenters. The number of nitrogens with one attached hydrogen (secondary N) is 1. The lowest BCUT2D eigenvalue weighted by Crippen LogP contribution is -2.35. The molecule has 0 amide bonds. The van der Waals surface area contributed by atoms with E-state index in [1.165, 1.54) is 24.8 Å². The second kappa shape index (κ2) is 7.14. The number of hydrogen-bond donors (Lipinski definition) is 1. The van der Waals surface area contributed by atoms with E-state index in [9.17, 15) is 0 Å². The van der Waals surface area contributed by atoms with Gasteiger partial charge in [-0.2, -0.15) is 0 Å². The molecule has 0 aliphatic rings. The van der Waals surface area contributed by atoms with Crippen molar-refractivity contribution in [2.24, 2.45) is 0 Å². The van der Waals surface area contributed by atoms with Gasteiger partial charge in [0.1, 0.15) is 0 Å². The minimum atomic E-state index is 0.532. The summed E-state index contributed by atoms with van der Waals surface area (Å²) in [5.74, 6) is 0. The van der Waals surface area contributed by atoms with Crippen LogP contribution in [0.25, 0.3) is 0 Å². The summed E-state index contributed by atoms with van der Waals surface area (Å²) in [6.07, 6.45) is 4.89. The van der Waals surface area contributed by atoms with E-state index in [1.807, 2.05) is 0 Å². The van der Waals surface area contributed by atoms with Gasteiger partial charge in [-0.1, -0.05) is 52.7 Å². The van der Waals surface area contributed by atoms with Crippen LogP contribution in [0.2, 0.25) is 0 Å². The molecule has 78 valence electrons. The van der Waals surface area contributed by atoms with Crippen molar-refractivity contribution in [3.8, 4) is 0 Å². The van der Waals surface area contributed by atoms with Crippen LogP contribution in [-0.2, 0) is 0 Å². The van der Waals surface area contributed by atoms with E-state index in [1.54, 1.807) is 0 Å². The molecule has 13 heavy (non-hydrogen) atoms. The molecule has 1 nitrogen and oxygen atoms in total. The molecular formula is C12H25N. The minimum Gasteiger partial charge on any atom is -0.308 e. The molecule has 0 spiro atoms. The standard InChI is InChI=1S/C12H25N/c1-6-8-9-12(11(5)7-2)13-10(3)4/h10,12-13H,5-9H2,1-4H3. The summed E-state index contributed by atoms with van der Waals surface area (Å²) in [6, 6.07) is 1.09. The zero-order chi connectivity index (χ0) is 10.3. The van der Waals surface area contributed by atoms with Gasteiger partial charge in [0.05, 0.1) is 0 Å². The Bertz CT molecular complexity index is 138. The van der Waals surface area contributed by atoms with Crippen LogP contribution in [0.15, 0.2) is 12.2 Å². The molecule has 1 unspecified atom stereocenters. The van der Waals surface area contributed by atoms with Crippen LogP contribution in [0.4, 0.5) is 0 Å².